The lowest BCUT2D eigenvalue weighted by Crippen LogP contribution is -2.35. The Hall–Kier alpha value is 0.160. The second-order valence-corrected chi connectivity index (χ2v) is 5.79. The van der Waals surface area contributed by atoms with Crippen LogP contribution in [0.5, 0.6) is 0 Å². The van der Waals surface area contributed by atoms with Gasteiger partial charge in [-0.2, -0.15) is 0 Å². The molecular weight excluding hydrogens is 224 g/mol. The van der Waals surface area contributed by atoms with E-state index in [1.807, 2.05) is 0 Å². The molecule has 3 N–H and O–H groups in total. The van der Waals surface area contributed by atoms with Crippen molar-refractivity contribution in [1.82, 2.24) is 4.72 Å². The van der Waals surface area contributed by atoms with Gasteiger partial charge in [0.1, 0.15) is 0 Å². The topological polar surface area (TPSA) is 72.2 Å². The van der Waals surface area contributed by atoms with Crippen molar-refractivity contribution in [3.05, 3.63) is 0 Å². The zero-order chi connectivity index (χ0) is 9.90. The number of hydrogen-bond acceptors (Lipinski definition) is 3. The molecule has 0 aromatic carbocycles. The Kier molecular flexibility index (Phi) is 5.97. The SMILES string of the molecule is CNS(=O)(=O)[C@H]1CC[C@H](CN)CC1.Cl. The average Bonchev–Trinajstić information content (AvgIpc) is 2.18. The Balaban J connectivity index is 0.00000169. The molecule has 1 rings (SSSR count). The highest BCUT2D eigenvalue weighted by atomic mass is 35.5. The Morgan fingerprint density at radius 2 is 1.79 bits per heavy atom. The van der Waals surface area contributed by atoms with E-state index >= 15 is 0 Å². The highest BCUT2D eigenvalue weighted by Gasteiger charge is 2.28. The normalized spacial score (nSPS) is 28.1. The molecule has 0 aromatic rings. The molecule has 0 saturated heterocycles. The number of sulfonamides is 1. The smallest absolute Gasteiger partial charge is 0.214 e. The van der Waals surface area contributed by atoms with Crippen molar-refractivity contribution in [2.45, 2.75) is 30.9 Å². The van der Waals surface area contributed by atoms with E-state index in [-0.39, 0.29) is 17.7 Å². The van der Waals surface area contributed by atoms with Gasteiger partial charge in [-0.1, -0.05) is 0 Å². The average molecular weight is 243 g/mol. The minimum atomic E-state index is -3.04. The predicted molar refractivity (Wildman–Crippen MR) is 60.0 cm³/mol. The molecule has 0 aromatic heterocycles. The summed E-state index contributed by atoms with van der Waals surface area (Å²) < 4.78 is 25.2. The maximum absolute atomic E-state index is 11.4. The zero-order valence-corrected chi connectivity index (χ0v) is 10.0. The molecule has 0 amide bonds. The molecule has 0 unspecified atom stereocenters. The first-order valence-electron chi connectivity index (χ1n) is 4.72. The summed E-state index contributed by atoms with van der Waals surface area (Å²) in [7, 11) is -1.57. The third kappa shape index (κ3) is 3.38. The van der Waals surface area contributed by atoms with E-state index < -0.39 is 10.0 Å². The third-order valence-corrected chi connectivity index (χ3v) is 4.77. The van der Waals surface area contributed by atoms with Gasteiger partial charge >= 0.3 is 0 Å². The molecule has 1 fully saturated rings. The zero-order valence-electron chi connectivity index (χ0n) is 8.40. The van der Waals surface area contributed by atoms with Gasteiger partial charge in [0, 0.05) is 0 Å². The van der Waals surface area contributed by atoms with Crippen LogP contribution in [-0.4, -0.2) is 27.3 Å². The monoisotopic (exact) mass is 242 g/mol. The molecule has 0 radical (unpaired) electrons. The van der Waals surface area contributed by atoms with Crippen LogP contribution in [0.15, 0.2) is 0 Å². The van der Waals surface area contributed by atoms with Crippen molar-refractivity contribution in [1.29, 1.82) is 0 Å². The van der Waals surface area contributed by atoms with Gasteiger partial charge in [0.25, 0.3) is 0 Å². The highest BCUT2D eigenvalue weighted by Crippen LogP contribution is 2.27. The Bertz CT molecular complexity index is 248. The van der Waals surface area contributed by atoms with Gasteiger partial charge in [-0.25, -0.2) is 13.1 Å². The lowest BCUT2D eigenvalue weighted by Gasteiger charge is -2.26. The summed E-state index contributed by atoms with van der Waals surface area (Å²) in [5.41, 5.74) is 5.53. The van der Waals surface area contributed by atoms with Crippen molar-refractivity contribution < 1.29 is 8.42 Å². The van der Waals surface area contributed by atoms with E-state index in [1.54, 1.807) is 0 Å². The van der Waals surface area contributed by atoms with E-state index in [2.05, 4.69) is 4.72 Å². The molecule has 0 spiro atoms. The molecule has 0 atom stereocenters. The van der Waals surface area contributed by atoms with Crippen LogP contribution in [0.2, 0.25) is 0 Å². The van der Waals surface area contributed by atoms with Crippen molar-refractivity contribution in [3.63, 3.8) is 0 Å². The van der Waals surface area contributed by atoms with Crippen LogP contribution in [0.3, 0.4) is 0 Å². The summed E-state index contributed by atoms with van der Waals surface area (Å²) in [5, 5.41) is -0.194. The molecule has 86 valence electrons. The van der Waals surface area contributed by atoms with E-state index in [1.165, 1.54) is 7.05 Å². The molecule has 14 heavy (non-hydrogen) atoms. The third-order valence-electron chi connectivity index (χ3n) is 2.85. The lowest BCUT2D eigenvalue weighted by atomic mass is 9.89. The second kappa shape index (κ2) is 5.90. The van der Waals surface area contributed by atoms with Crippen LogP contribution >= 0.6 is 12.4 Å². The maximum Gasteiger partial charge on any atom is 0.214 e. The van der Waals surface area contributed by atoms with Crippen molar-refractivity contribution in [2.75, 3.05) is 13.6 Å². The summed E-state index contributed by atoms with van der Waals surface area (Å²) in [6, 6.07) is 0. The van der Waals surface area contributed by atoms with Crippen LogP contribution in [0, 0.1) is 5.92 Å². The summed E-state index contributed by atoms with van der Waals surface area (Å²) in [6.07, 6.45) is 3.40. The summed E-state index contributed by atoms with van der Waals surface area (Å²) in [5.74, 6) is 0.531. The molecule has 0 bridgehead atoms. The standard InChI is InChI=1S/C8H18N2O2S.ClH/c1-10-13(11,12)8-4-2-7(6-9)3-5-8;/h7-8,10H,2-6,9H2,1H3;1H/t7-,8-;. The second-order valence-electron chi connectivity index (χ2n) is 3.63. The van der Waals surface area contributed by atoms with Crippen LogP contribution in [0.4, 0.5) is 0 Å². The maximum atomic E-state index is 11.4. The van der Waals surface area contributed by atoms with E-state index in [9.17, 15) is 8.42 Å². The molecule has 1 aliphatic rings. The minimum Gasteiger partial charge on any atom is -0.330 e. The predicted octanol–water partition coefficient (Wildman–Crippen LogP) is 0.475. The van der Waals surface area contributed by atoms with Gasteiger partial charge < -0.3 is 5.73 Å². The lowest BCUT2D eigenvalue weighted by molar-refractivity contribution is 0.363. The number of nitrogens with two attached hydrogens (primary N) is 1. The molecule has 6 heteroatoms. The number of halogens is 1. The van der Waals surface area contributed by atoms with Gasteiger partial charge in [-0.3, -0.25) is 0 Å². The molecule has 0 aliphatic heterocycles. The fraction of sp³-hybridized carbons (Fsp3) is 1.00. The van der Waals surface area contributed by atoms with Gasteiger partial charge in [0.05, 0.1) is 5.25 Å². The van der Waals surface area contributed by atoms with Crippen molar-refractivity contribution in [2.24, 2.45) is 11.7 Å². The Morgan fingerprint density at radius 3 is 2.14 bits per heavy atom. The fourth-order valence-electron chi connectivity index (χ4n) is 1.84. The summed E-state index contributed by atoms with van der Waals surface area (Å²) in [4.78, 5) is 0. The van der Waals surface area contributed by atoms with Crippen molar-refractivity contribution in [3.8, 4) is 0 Å². The van der Waals surface area contributed by atoms with Crippen LogP contribution in [-0.2, 0) is 10.0 Å². The van der Waals surface area contributed by atoms with E-state index in [4.69, 9.17) is 5.73 Å². The fourth-order valence-corrected chi connectivity index (χ4v) is 3.07. The quantitative estimate of drug-likeness (QED) is 0.756. The van der Waals surface area contributed by atoms with Crippen LogP contribution < -0.4 is 10.5 Å². The summed E-state index contributed by atoms with van der Waals surface area (Å²) in [6.45, 7) is 0.687. The van der Waals surface area contributed by atoms with Crippen LogP contribution in [0.1, 0.15) is 25.7 Å². The highest BCUT2D eigenvalue weighted by molar-refractivity contribution is 7.90. The largest absolute Gasteiger partial charge is 0.330 e. The molecule has 1 saturated carbocycles. The van der Waals surface area contributed by atoms with Gasteiger partial charge in [-0.05, 0) is 45.2 Å². The van der Waals surface area contributed by atoms with Crippen molar-refractivity contribution >= 4 is 22.4 Å². The number of nitrogens with one attached hydrogen (secondary N) is 1. The van der Waals surface area contributed by atoms with Gasteiger partial charge in [0.2, 0.25) is 10.0 Å². The minimum absolute atomic E-state index is 0. The first kappa shape index (κ1) is 14.2. The van der Waals surface area contributed by atoms with Crippen LogP contribution in [0.25, 0.3) is 0 Å². The molecular formula is C8H19ClN2O2S. The summed E-state index contributed by atoms with van der Waals surface area (Å²) >= 11 is 0. The van der Waals surface area contributed by atoms with E-state index in [0.29, 0.717) is 12.5 Å². The number of rotatable bonds is 3. The molecule has 1 aliphatic carbocycles. The Labute approximate surface area is 92.1 Å². The molecule has 0 heterocycles. The van der Waals surface area contributed by atoms with Gasteiger partial charge in [-0.15, -0.1) is 12.4 Å². The first-order valence-corrected chi connectivity index (χ1v) is 6.27. The van der Waals surface area contributed by atoms with Gasteiger partial charge in [0.15, 0.2) is 0 Å². The Morgan fingerprint density at radius 1 is 1.29 bits per heavy atom. The van der Waals surface area contributed by atoms with E-state index in [0.717, 1.165) is 25.7 Å². The first-order chi connectivity index (χ1) is 6.10. The molecule has 4 nitrogen and oxygen atoms in total. The number of hydrogen-bond donors (Lipinski definition) is 2.